The van der Waals surface area contributed by atoms with Gasteiger partial charge in [0.25, 0.3) is 5.91 Å². The summed E-state index contributed by atoms with van der Waals surface area (Å²) in [5, 5.41) is 7.05. The number of alkyl halides is 3. The van der Waals surface area contributed by atoms with Gasteiger partial charge in [-0.25, -0.2) is 14.3 Å². The molecule has 0 fully saturated rings. The Hall–Kier alpha value is -3.25. The second kappa shape index (κ2) is 10.9. The monoisotopic (exact) mass is 648 g/mol. The quantitative estimate of drug-likeness (QED) is 0.223. The van der Waals surface area contributed by atoms with Crippen molar-refractivity contribution < 1.29 is 27.5 Å². The molecule has 216 valence electrons. The topological polar surface area (TPSA) is 85.6 Å². The van der Waals surface area contributed by atoms with Gasteiger partial charge >= 0.3 is 12.1 Å². The van der Waals surface area contributed by atoms with E-state index < -0.39 is 23.7 Å². The lowest BCUT2D eigenvalue weighted by Crippen LogP contribution is -2.26. The number of anilines is 1. The van der Waals surface area contributed by atoms with Crippen molar-refractivity contribution in [3.8, 4) is 11.3 Å². The number of nitrogens with zero attached hydrogens (tertiary/aromatic N) is 3. The highest BCUT2D eigenvalue weighted by Crippen LogP contribution is 2.45. The third-order valence-electron chi connectivity index (χ3n) is 7.30. The molecule has 4 aromatic rings. The van der Waals surface area contributed by atoms with Crippen molar-refractivity contribution in [1.29, 1.82) is 0 Å². The van der Waals surface area contributed by atoms with E-state index in [9.17, 15) is 22.8 Å². The number of rotatable bonds is 5. The van der Waals surface area contributed by atoms with Gasteiger partial charge < -0.3 is 10.1 Å². The van der Waals surface area contributed by atoms with Crippen molar-refractivity contribution in [3.05, 3.63) is 68.3 Å². The van der Waals surface area contributed by atoms with E-state index in [0.717, 1.165) is 29.3 Å². The Bertz CT molecular complexity index is 1640. The third-order valence-corrected chi connectivity index (χ3v) is 9.20. The van der Waals surface area contributed by atoms with Gasteiger partial charge in [-0.3, -0.25) is 4.79 Å². The Morgan fingerprint density at radius 3 is 2.54 bits per heavy atom. The second-order valence-electron chi connectivity index (χ2n) is 11.0. The molecule has 1 aromatic carbocycles. The minimum absolute atomic E-state index is 0.00471. The predicted molar refractivity (Wildman–Crippen MR) is 154 cm³/mol. The number of carbonyl (C=O) groups excluding carboxylic acids is 2. The maximum atomic E-state index is 14.1. The first-order valence-electron chi connectivity index (χ1n) is 13.1. The average molecular weight is 650 g/mol. The molecule has 3 heterocycles. The number of nitrogens with one attached hydrogen (secondary N) is 1. The van der Waals surface area contributed by atoms with E-state index in [2.05, 4.69) is 52.1 Å². The summed E-state index contributed by atoms with van der Waals surface area (Å²) in [6, 6.07) is 9.35. The van der Waals surface area contributed by atoms with Gasteiger partial charge in [-0.15, -0.1) is 11.3 Å². The maximum absolute atomic E-state index is 14.1. The summed E-state index contributed by atoms with van der Waals surface area (Å²) in [4.78, 5) is 31.9. The van der Waals surface area contributed by atoms with Gasteiger partial charge in [-0.05, 0) is 65.1 Å². The number of aromatic nitrogens is 3. The first-order valence-corrected chi connectivity index (χ1v) is 14.8. The smallest absolute Gasteiger partial charge is 0.433 e. The molecule has 0 unspecified atom stereocenters. The van der Waals surface area contributed by atoms with E-state index >= 15 is 0 Å². The molecule has 1 N–H and O–H groups in total. The number of ether oxygens (including phenoxy) is 1. The zero-order chi connectivity index (χ0) is 29.7. The molecule has 1 aliphatic carbocycles. The highest BCUT2D eigenvalue weighted by molar-refractivity contribution is 9.10. The van der Waals surface area contributed by atoms with E-state index in [1.807, 2.05) is 0 Å². The Morgan fingerprint density at radius 2 is 1.90 bits per heavy atom. The summed E-state index contributed by atoms with van der Waals surface area (Å²) >= 11 is 4.57. The highest BCUT2D eigenvalue weighted by atomic mass is 79.9. The highest BCUT2D eigenvalue weighted by Gasteiger charge is 2.38. The Balaban J connectivity index is 1.57. The molecule has 7 nitrogen and oxygen atoms in total. The summed E-state index contributed by atoms with van der Waals surface area (Å²) in [5.41, 5.74) is 0.263. The first-order chi connectivity index (χ1) is 19.3. The largest absolute Gasteiger partial charge is 0.462 e. The number of fused-ring (bicyclic) bond motifs is 2. The molecule has 1 aliphatic rings. The summed E-state index contributed by atoms with van der Waals surface area (Å²) in [6.45, 7) is 8.40. The van der Waals surface area contributed by atoms with Crippen molar-refractivity contribution in [2.45, 2.75) is 53.1 Å². The number of hydrogen-bond acceptors (Lipinski definition) is 6. The zero-order valence-corrected chi connectivity index (χ0v) is 25.3. The molecule has 3 aromatic heterocycles. The fourth-order valence-electron chi connectivity index (χ4n) is 5.09. The van der Waals surface area contributed by atoms with Crippen LogP contribution in [0.4, 0.5) is 18.2 Å². The van der Waals surface area contributed by atoms with E-state index in [1.165, 1.54) is 11.3 Å². The average Bonchev–Trinajstić information content (AvgIpc) is 3.44. The molecule has 12 heteroatoms. The van der Waals surface area contributed by atoms with Crippen LogP contribution >= 0.6 is 27.3 Å². The van der Waals surface area contributed by atoms with Crippen molar-refractivity contribution in [2.24, 2.45) is 11.3 Å². The van der Waals surface area contributed by atoms with Crippen LogP contribution in [0, 0.1) is 11.3 Å². The van der Waals surface area contributed by atoms with Crippen LogP contribution in [0.15, 0.2) is 40.9 Å². The molecular formula is C29H28BrF3N4O3S. The van der Waals surface area contributed by atoms with E-state index in [1.54, 1.807) is 37.3 Å². The molecule has 1 amide bonds. The number of carbonyl (C=O) groups is 2. The van der Waals surface area contributed by atoms with Gasteiger partial charge in [-0.2, -0.15) is 18.3 Å². The van der Waals surface area contributed by atoms with Crippen molar-refractivity contribution in [3.63, 3.8) is 0 Å². The van der Waals surface area contributed by atoms with Crippen molar-refractivity contribution in [1.82, 2.24) is 14.6 Å². The summed E-state index contributed by atoms with van der Waals surface area (Å²) in [6.07, 6.45) is -2.46. The van der Waals surface area contributed by atoms with Crippen LogP contribution in [0.2, 0.25) is 0 Å². The number of esters is 1. The van der Waals surface area contributed by atoms with Crippen LogP contribution in [0.5, 0.6) is 0 Å². The zero-order valence-electron chi connectivity index (χ0n) is 22.9. The van der Waals surface area contributed by atoms with Crippen LogP contribution in [-0.4, -0.2) is 33.1 Å². The van der Waals surface area contributed by atoms with Crippen LogP contribution in [0.1, 0.15) is 71.1 Å². The van der Waals surface area contributed by atoms with Crippen molar-refractivity contribution >= 4 is 49.8 Å². The van der Waals surface area contributed by atoms with Gasteiger partial charge in [0.2, 0.25) is 0 Å². The third kappa shape index (κ3) is 5.63. The lowest BCUT2D eigenvalue weighted by Gasteiger charge is -2.33. The maximum Gasteiger partial charge on any atom is 0.433 e. The van der Waals surface area contributed by atoms with Gasteiger partial charge in [-0.1, -0.05) is 51.1 Å². The second-order valence-corrected chi connectivity index (χ2v) is 12.9. The lowest BCUT2D eigenvalue weighted by atomic mass is 9.72. The SMILES string of the molecule is CCOC(=O)c1c(NC(=O)c2nn3c(C(F)(F)F)cc(-c4ccccc4)nc3c2Br)sc2c1CC[C@H](C(C)(C)C)C2. The van der Waals surface area contributed by atoms with Gasteiger partial charge in [0.1, 0.15) is 5.00 Å². The van der Waals surface area contributed by atoms with Crippen LogP contribution in [0.25, 0.3) is 16.9 Å². The molecular weight excluding hydrogens is 621 g/mol. The standard InChI is InChI=1S/C29H28BrF3N4O3S/c1-5-40-27(39)21-17-12-11-16(28(2,3)4)13-19(17)41-26(21)35-25(38)23-22(30)24-34-18(15-9-7-6-8-10-15)14-20(29(31,32)33)37(24)36-23/h6-10,14,16H,5,11-13H2,1-4H3,(H,35,38)/t16-/m0/s1. The molecule has 0 radical (unpaired) electrons. The molecule has 0 spiro atoms. The summed E-state index contributed by atoms with van der Waals surface area (Å²) < 4.78 is 48.3. The molecule has 0 saturated heterocycles. The Morgan fingerprint density at radius 1 is 1.20 bits per heavy atom. The van der Waals surface area contributed by atoms with Gasteiger partial charge in [0.15, 0.2) is 17.0 Å². The number of thiophene rings is 1. The lowest BCUT2D eigenvalue weighted by molar-refractivity contribution is -0.142. The summed E-state index contributed by atoms with van der Waals surface area (Å²) in [7, 11) is 0. The number of halogens is 4. The molecule has 1 atom stereocenters. The van der Waals surface area contributed by atoms with Crippen LogP contribution in [-0.2, 0) is 23.8 Å². The minimum atomic E-state index is -4.77. The predicted octanol–water partition coefficient (Wildman–Crippen LogP) is 7.82. The van der Waals surface area contributed by atoms with Crippen molar-refractivity contribution in [2.75, 3.05) is 11.9 Å². The van der Waals surface area contributed by atoms with E-state index in [4.69, 9.17) is 4.74 Å². The fourth-order valence-corrected chi connectivity index (χ4v) is 6.92. The molecule has 0 saturated carbocycles. The number of benzene rings is 1. The van der Waals surface area contributed by atoms with Crippen LogP contribution in [0.3, 0.4) is 0 Å². The molecule has 41 heavy (non-hydrogen) atoms. The summed E-state index contributed by atoms with van der Waals surface area (Å²) in [5.74, 6) is -0.920. The van der Waals surface area contributed by atoms with E-state index in [0.29, 0.717) is 33.0 Å². The number of amides is 1. The molecule has 5 rings (SSSR count). The van der Waals surface area contributed by atoms with Gasteiger partial charge in [0.05, 0.1) is 22.3 Å². The first kappa shape index (κ1) is 29.2. The molecule has 0 aliphatic heterocycles. The van der Waals surface area contributed by atoms with E-state index in [-0.39, 0.29) is 33.5 Å². The minimum Gasteiger partial charge on any atom is -0.462 e. The van der Waals surface area contributed by atoms with Gasteiger partial charge in [0, 0.05) is 10.4 Å². The van der Waals surface area contributed by atoms with Crippen LogP contribution < -0.4 is 5.32 Å². The molecule has 0 bridgehead atoms. The Labute approximate surface area is 247 Å². The fraction of sp³-hybridized carbons (Fsp3) is 0.379. The Kier molecular flexibility index (Phi) is 7.75. The normalized spacial score (nSPS) is 15.6. The number of hydrogen-bond donors (Lipinski definition) is 1.